The van der Waals surface area contributed by atoms with Crippen molar-refractivity contribution in [1.82, 2.24) is 20.5 Å². The number of nitrogens with zero attached hydrogens (tertiary/aromatic N) is 3. The number of hydrogen-bond donors (Lipinski definition) is 2. The fourth-order valence-electron chi connectivity index (χ4n) is 3.48. The van der Waals surface area contributed by atoms with E-state index in [9.17, 15) is 0 Å². The van der Waals surface area contributed by atoms with Gasteiger partial charge < -0.3 is 10.6 Å². The highest BCUT2D eigenvalue weighted by Gasteiger charge is 2.20. The second kappa shape index (κ2) is 12.2. The Bertz CT molecular complexity index is 739. The van der Waals surface area contributed by atoms with Crippen molar-refractivity contribution in [3.63, 3.8) is 0 Å². The molecule has 158 valence electrons. The number of aryl methyl sites for hydroxylation is 1. The standard InChI is InChI=1S/C22H33N5S2/c1-3-21-26-19(17-29-21)16-27-12-9-18(10-13-27)15-25-22(23-2)24-11-14-28-20-7-5-4-6-8-20/h4-8,17-18H,3,9-16H2,1-2H3,(H2,23,24,25). The van der Waals surface area contributed by atoms with Gasteiger partial charge in [-0.1, -0.05) is 25.1 Å². The number of piperidine rings is 1. The van der Waals surface area contributed by atoms with Crippen LogP contribution in [0.4, 0.5) is 0 Å². The molecule has 2 heterocycles. The largest absolute Gasteiger partial charge is 0.356 e. The second-order valence-electron chi connectivity index (χ2n) is 7.35. The zero-order chi connectivity index (χ0) is 20.3. The molecule has 0 radical (unpaired) electrons. The van der Waals surface area contributed by atoms with Crippen molar-refractivity contribution >= 4 is 29.1 Å². The lowest BCUT2D eigenvalue weighted by Crippen LogP contribution is -2.43. The van der Waals surface area contributed by atoms with Gasteiger partial charge in [-0.2, -0.15) is 0 Å². The maximum absolute atomic E-state index is 4.71. The van der Waals surface area contributed by atoms with Gasteiger partial charge in [0.1, 0.15) is 0 Å². The molecule has 0 atom stereocenters. The minimum Gasteiger partial charge on any atom is -0.356 e. The van der Waals surface area contributed by atoms with E-state index in [1.807, 2.05) is 18.8 Å². The third kappa shape index (κ3) is 7.64. The predicted octanol–water partition coefficient (Wildman–Crippen LogP) is 3.87. The van der Waals surface area contributed by atoms with Crippen LogP contribution in [0.1, 0.15) is 30.5 Å². The van der Waals surface area contributed by atoms with Crippen LogP contribution >= 0.6 is 23.1 Å². The Morgan fingerprint density at radius 1 is 1.24 bits per heavy atom. The summed E-state index contributed by atoms with van der Waals surface area (Å²) in [5.74, 6) is 2.65. The van der Waals surface area contributed by atoms with Crippen LogP contribution in [-0.2, 0) is 13.0 Å². The zero-order valence-electron chi connectivity index (χ0n) is 17.6. The summed E-state index contributed by atoms with van der Waals surface area (Å²) in [6.45, 7) is 7.39. The van der Waals surface area contributed by atoms with Crippen molar-refractivity contribution in [2.45, 2.75) is 37.6 Å². The Morgan fingerprint density at radius 2 is 2.03 bits per heavy atom. The molecular weight excluding hydrogens is 398 g/mol. The average molecular weight is 432 g/mol. The zero-order valence-corrected chi connectivity index (χ0v) is 19.2. The van der Waals surface area contributed by atoms with Crippen molar-refractivity contribution in [3.05, 3.63) is 46.4 Å². The minimum atomic E-state index is 0.713. The number of aromatic nitrogens is 1. The van der Waals surface area contributed by atoms with Crippen molar-refractivity contribution in [1.29, 1.82) is 0 Å². The summed E-state index contributed by atoms with van der Waals surface area (Å²) >= 11 is 3.66. The van der Waals surface area contributed by atoms with Crippen molar-refractivity contribution in [2.75, 3.05) is 39.0 Å². The lowest BCUT2D eigenvalue weighted by molar-refractivity contribution is 0.176. The molecular formula is C22H33N5S2. The molecule has 7 heteroatoms. The van der Waals surface area contributed by atoms with E-state index in [-0.39, 0.29) is 0 Å². The average Bonchev–Trinajstić information content (AvgIpc) is 3.22. The van der Waals surface area contributed by atoms with Crippen LogP contribution in [0.2, 0.25) is 0 Å². The Balaban J connectivity index is 1.29. The van der Waals surface area contributed by atoms with Crippen LogP contribution in [0.15, 0.2) is 45.6 Å². The molecule has 0 unspecified atom stereocenters. The molecule has 0 aliphatic carbocycles. The number of hydrogen-bond acceptors (Lipinski definition) is 5. The molecule has 29 heavy (non-hydrogen) atoms. The van der Waals surface area contributed by atoms with E-state index >= 15 is 0 Å². The molecule has 1 aliphatic rings. The first-order chi connectivity index (χ1) is 14.3. The van der Waals surface area contributed by atoms with Gasteiger partial charge in [-0.25, -0.2) is 4.98 Å². The van der Waals surface area contributed by atoms with Crippen LogP contribution < -0.4 is 10.6 Å². The van der Waals surface area contributed by atoms with Gasteiger partial charge in [-0.05, 0) is 50.4 Å². The Kier molecular flexibility index (Phi) is 9.31. The van der Waals surface area contributed by atoms with Crippen molar-refractivity contribution < 1.29 is 0 Å². The maximum Gasteiger partial charge on any atom is 0.191 e. The molecule has 3 rings (SSSR count). The first kappa shape index (κ1) is 22.1. The molecule has 5 nitrogen and oxygen atoms in total. The summed E-state index contributed by atoms with van der Waals surface area (Å²) in [5.41, 5.74) is 1.24. The number of thioether (sulfide) groups is 1. The lowest BCUT2D eigenvalue weighted by Gasteiger charge is -2.31. The van der Waals surface area contributed by atoms with E-state index in [0.29, 0.717) is 5.92 Å². The monoisotopic (exact) mass is 431 g/mol. The SMILES string of the molecule is CCc1nc(CN2CCC(CNC(=NC)NCCSc3ccccc3)CC2)cs1. The van der Waals surface area contributed by atoms with Crippen LogP contribution in [-0.4, -0.2) is 54.8 Å². The topological polar surface area (TPSA) is 52.6 Å². The minimum absolute atomic E-state index is 0.713. The quantitative estimate of drug-likeness (QED) is 0.273. The molecule has 1 fully saturated rings. The van der Waals surface area contributed by atoms with Crippen LogP contribution in [0.5, 0.6) is 0 Å². The first-order valence-corrected chi connectivity index (χ1v) is 12.4. The molecule has 0 bridgehead atoms. The predicted molar refractivity (Wildman–Crippen MR) is 126 cm³/mol. The number of nitrogens with one attached hydrogen (secondary N) is 2. The van der Waals surface area contributed by atoms with Crippen LogP contribution in [0.3, 0.4) is 0 Å². The second-order valence-corrected chi connectivity index (χ2v) is 9.46. The van der Waals surface area contributed by atoms with E-state index in [2.05, 4.69) is 63.2 Å². The summed E-state index contributed by atoms with van der Waals surface area (Å²) in [7, 11) is 1.85. The molecule has 2 N–H and O–H groups in total. The summed E-state index contributed by atoms with van der Waals surface area (Å²) < 4.78 is 0. The van der Waals surface area contributed by atoms with Gasteiger partial charge in [0.25, 0.3) is 0 Å². The van der Waals surface area contributed by atoms with Crippen LogP contribution in [0.25, 0.3) is 0 Å². The summed E-state index contributed by atoms with van der Waals surface area (Å²) in [5, 5.41) is 10.4. The molecule has 0 saturated carbocycles. The fourth-order valence-corrected chi connectivity index (χ4v) is 5.00. The van der Waals surface area contributed by atoms with Crippen molar-refractivity contribution in [2.24, 2.45) is 10.9 Å². The number of likely N-dealkylation sites (tertiary alicyclic amines) is 1. The van der Waals surface area contributed by atoms with Crippen molar-refractivity contribution in [3.8, 4) is 0 Å². The Hall–Kier alpha value is -1.57. The van der Waals surface area contributed by atoms with E-state index in [4.69, 9.17) is 4.98 Å². The number of guanidine groups is 1. The van der Waals surface area contributed by atoms with Gasteiger partial charge in [-0.15, -0.1) is 23.1 Å². The molecule has 1 saturated heterocycles. The molecule has 0 amide bonds. The Morgan fingerprint density at radius 3 is 2.72 bits per heavy atom. The van der Waals surface area contributed by atoms with Gasteiger partial charge in [0.2, 0.25) is 0 Å². The smallest absolute Gasteiger partial charge is 0.191 e. The summed E-state index contributed by atoms with van der Waals surface area (Å²) in [4.78, 5) is 12.9. The number of thiazole rings is 1. The molecule has 0 spiro atoms. The Labute approximate surface area is 183 Å². The lowest BCUT2D eigenvalue weighted by atomic mass is 9.97. The molecule has 1 aromatic heterocycles. The van der Waals surface area contributed by atoms with E-state index in [1.54, 1.807) is 11.3 Å². The highest BCUT2D eigenvalue weighted by atomic mass is 32.2. The van der Waals surface area contributed by atoms with Gasteiger partial charge >= 0.3 is 0 Å². The third-order valence-electron chi connectivity index (χ3n) is 5.18. The molecule has 1 aliphatic heterocycles. The van der Waals surface area contributed by atoms with E-state index in [0.717, 1.165) is 50.9 Å². The van der Waals surface area contributed by atoms with Gasteiger partial charge in [-0.3, -0.25) is 9.89 Å². The maximum atomic E-state index is 4.71. The highest BCUT2D eigenvalue weighted by Crippen LogP contribution is 2.19. The van der Waals surface area contributed by atoms with E-state index in [1.165, 1.54) is 28.4 Å². The van der Waals surface area contributed by atoms with E-state index < -0.39 is 0 Å². The van der Waals surface area contributed by atoms with Crippen LogP contribution in [0, 0.1) is 5.92 Å². The summed E-state index contributed by atoms with van der Waals surface area (Å²) in [6.07, 6.45) is 3.51. The van der Waals surface area contributed by atoms with Gasteiger partial charge in [0.15, 0.2) is 5.96 Å². The first-order valence-electron chi connectivity index (χ1n) is 10.5. The van der Waals surface area contributed by atoms with Gasteiger partial charge in [0.05, 0.1) is 10.7 Å². The number of benzene rings is 1. The summed E-state index contributed by atoms with van der Waals surface area (Å²) in [6, 6.07) is 10.5. The number of aliphatic imine (C=N–C) groups is 1. The third-order valence-corrected chi connectivity index (χ3v) is 7.24. The molecule has 2 aromatic rings. The normalized spacial score (nSPS) is 16.1. The van der Waals surface area contributed by atoms with Gasteiger partial charge in [0, 0.05) is 42.7 Å². The molecule has 1 aromatic carbocycles. The highest BCUT2D eigenvalue weighted by molar-refractivity contribution is 7.99. The fraction of sp³-hybridized carbons (Fsp3) is 0.545. The number of rotatable bonds is 9.